The Bertz CT molecular complexity index is 1040. The van der Waals surface area contributed by atoms with Gasteiger partial charge in [-0.05, 0) is 47.4 Å². The van der Waals surface area contributed by atoms with E-state index in [1.54, 1.807) is 0 Å². The number of nitrogens with zero attached hydrogens (tertiary/aromatic N) is 1. The van der Waals surface area contributed by atoms with Gasteiger partial charge in [-0.15, -0.1) is 0 Å². The second-order valence-corrected chi connectivity index (χ2v) is 9.18. The van der Waals surface area contributed by atoms with Gasteiger partial charge in [0.25, 0.3) is 0 Å². The van der Waals surface area contributed by atoms with Crippen molar-refractivity contribution >= 4 is 18.0 Å². The first-order valence-corrected chi connectivity index (χ1v) is 11.7. The summed E-state index contributed by atoms with van der Waals surface area (Å²) in [7, 11) is 0. The van der Waals surface area contributed by atoms with Crippen molar-refractivity contribution in [3.8, 4) is 11.1 Å². The van der Waals surface area contributed by atoms with Crippen molar-refractivity contribution in [2.75, 3.05) is 13.2 Å². The summed E-state index contributed by atoms with van der Waals surface area (Å²) < 4.78 is 5.50. The number of amides is 2. The number of carboxylic acid groups (broad SMARTS) is 1. The van der Waals surface area contributed by atoms with Crippen molar-refractivity contribution in [1.82, 2.24) is 10.2 Å². The lowest BCUT2D eigenvalue weighted by molar-refractivity contribution is -0.149. The van der Waals surface area contributed by atoms with Crippen molar-refractivity contribution in [1.29, 1.82) is 0 Å². The van der Waals surface area contributed by atoms with Crippen LogP contribution >= 0.6 is 0 Å². The van der Waals surface area contributed by atoms with Gasteiger partial charge in [-0.1, -0.05) is 61.4 Å². The van der Waals surface area contributed by atoms with E-state index in [2.05, 4.69) is 17.4 Å². The van der Waals surface area contributed by atoms with Crippen molar-refractivity contribution < 1.29 is 24.2 Å². The smallest absolute Gasteiger partial charge is 0.407 e. The summed E-state index contributed by atoms with van der Waals surface area (Å²) in [5.74, 6) is -1.15. The van der Waals surface area contributed by atoms with E-state index < -0.39 is 18.1 Å². The number of hydrogen-bond donors (Lipinski definition) is 2. The molecule has 5 rings (SSSR count). The highest BCUT2D eigenvalue weighted by atomic mass is 16.5. The molecule has 33 heavy (non-hydrogen) atoms. The third-order valence-corrected chi connectivity index (χ3v) is 7.39. The molecule has 1 saturated carbocycles. The molecule has 1 heterocycles. The molecule has 1 saturated heterocycles. The van der Waals surface area contributed by atoms with Gasteiger partial charge in [0.1, 0.15) is 19.2 Å². The number of alkyl carbamates (subject to hydrolysis) is 1. The van der Waals surface area contributed by atoms with Crippen LogP contribution in [0.15, 0.2) is 48.5 Å². The zero-order valence-electron chi connectivity index (χ0n) is 18.4. The first kappa shape index (κ1) is 21.5. The average molecular weight is 449 g/mol. The van der Waals surface area contributed by atoms with E-state index in [9.17, 15) is 19.5 Å². The molecule has 0 unspecified atom stereocenters. The second-order valence-electron chi connectivity index (χ2n) is 9.18. The number of fused-ring (bicyclic) bond motifs is 4. The van der Waals surface area contributed by atoms with Crippen LogP contribution in [-0.4, -0.2) is 53.2 Å². The fourth-order valence-corrected chi connectivity index (χ4v) is 5.93. The Morgan fingerprint density at radius 2 is 1.61 bits per heavy atom. The zero-order valence-corrected chi connectivity index (χ0v) is 18.4. The Hall–Kier alpha value is -3.35. The zero-order chi connectivity index (χ0) is 22.9. The summed E-state index contributed by atoms with van der Waals surface area (Å²) in [5, 5.41) is 12.2. The molecule has 2 amide bonds. The van der Waals surface area contributed by atoms with E-state index in [1.807, 2.05) is 36.4 Å². The van der Waals surface area contributed by atoms with Gasteiger partial charge in [0.2, 0.25) is 5.91 Å². The number of carboxylic acids is 1. The van der Waals surface area contributed by atoms with Gasteiger partial charge in [-0.25, -0.2) is 9.59 Å². The third kappa shape index (κ3) is 3.96. The minimum Gasteiger partial charge on any atom is -0.480 e. The SMILES string of the molecule is O=C(NCC(=O)N1[C@H](C(=O)O)C[C@@H]2CCCC[C@@H]21)OCC1c2ccccc2-c2ccccc21. The molecule has 3 atom stereocenters. The molecule has 3 aliphatic rings. The van der Waals surface area contributed by atoms with Crippen LogP contribution in [0.3, 0.4) is 0 Å². The number of benzene rings is 2. The highest BCUT2D eigenvalue weighted by Gasteiger charge is 2.47. The van der Waals surface area contributed by atoms with E-state index in [-0.39, 0.29) is 36.9 Å². The summed E-state index contributed by atoms with van der Waals surface area (Å²) in [6.07, 6.45) is 3.68. The molecule has 2 aromatic rings. The number of ether oxygens (including phenoxy) is 1. The van der Waals surface area contributed by atoms with Gasteiger partial charge < -0.3 is 20.1 Å². The lowest BCUT2D eigenvalue weighted by atomic mass is 9.85. The van der Waals surface area contributed by atoms with Gasteiger partial charge >= 0.3 is 12.1 Å². The molecule has 0 aromatic heterocycles. The first-order valence-electron chi connectivity index (χ1n) is 11.7. The van der Waals surface area contributed by atoms with Gasteiger partial charge in [0.15, 0.2) is 0 Å². The predicted octanol–water partition coefficient (Wildman–Crippen LogP) is 3.77. The van der Waals surface area contributed by atoms with Gasteiger partial charge in [0, 0.05) is 12.0 Å². The molecule has 2 fully saturated rings. The van der Waals surface area contributed by atoms with Crippen LogP contribution in [-0.2, 0) is 14.3 Å². The van der Waals surface area contributed by atoms with Gasteiger partial charge in [0.05, 0.1) is 0 Å². The van der Waals surface area contributed by atoms with Gasteiger partial charge in [-0.3, -0.25) is 4.79 Å². The summed E-state index contributed by atoms with van der Waals surface area (Å²) in [6.45, 7) is -0.0934. The van der Waals surface area contributed by atoms with E-state index in [0.29, 0.717) is 6.42 Å². The minimum atomic E-state index is -0.973. The maximum atomic E-state index is 12.9. The van der Waals surface area contributed by atoms with Crippen molar-refractivity contribution in [2.45, 2.75) is 50.1 Å². The highest BCUT2D eigenvalue weighted by molar-refractivity contribution is 5.88. The number of hydrogen-bond acceptors (Lipinski definition) is 4. The molecular weight excluding hydrogens is 420 g/mol. The molecule has 7 heteroatoms. The van der Waals surface area contributed by atoms with Crippen LogP contribution in [0, 0.1) is 5.92 Å². The second kappa shape index (κ2) is 8.89. The van der Waals surface area contributed by atoms with Crippen molar-refractivity contribution in [3.63, 3.8) is 0 Å². The topological polar surface area (TPSA) is 95.9 Å². The summed E-state index contributed by atoms with van der Waals surface area (Å²) in [4.78, 5) is 38.6. The number of aliphatic carboxylic acids is 1. The Labute approximate surface area is 192 Å². The lowest BCUT2D eigenvalue weighted by Crippen LogP contribution is -2.50. The van der Waals surface area contributed by atoms with Crippen molar-refractivity contribution in [2.24, 2.45) is 5.92 Å². The number of carbonyl (C=O) groups excluding carboxylic acids is 2. The molecule has 2 N–H and O–H groups in total. The lowest BCUT2D eigenvalue weighted by Gasteiger charge is -2.33. The Kier molecular flexibility index (Phi) is 5.79. The molecule has 172 valence electrons. The van der Waals surface area contributed by atoms with E-state index in [0.717, 1.165) is 47.9 Å². The molecule has 2 aliphatic carbocycles. The summed E-state index contributed by atoms with van der Waals surface area (Å²) in [5.41, 5.74) is 4.53. The van der Waals surface area contributed by atoms with Crippen LogP contribution < -0.4 is 5.32 Å². The average Bonchev–Trinajstić information content (AvgIpc) is 3.38. The van der Waals surface area contributed by atoms with E-state index in [1.165, 1.54) is 4.90 Å². The van der Waals surface area contributed by atoms with Crippen LogP contribution in [0.5, 0.6) is 0 Å². The maximum absolute atomic E-state index is 12.9. The number of likely N-dealkylation sites (tertiary alicyclic amines) is 1. The number of nitrogens with one attached hydrogen (secondary N) is 1. The number of rotatable bonds is 5. The minimum absolute atomic E-state index is 0.0448. The standard InChI is InChI=1S/C26H28N2O5/c29-24(28-22-12-6-1-7-16(22)13-23(28)25(30)31)14-27-26(32)33-15-21-19-10-4-2-8-17(19)18-9-3-5-11-20(18)21/h2-5,8-11,16,21-23H,1,6-7,12-15H2,(H,27,32)(H,30,31)/t16-,22-,23-/m0/s1. The fourth-order valence-electron chi connectivity index (χ4n) is 5.93. The van der Waals surface area contributed by atoms with Crippen molar-refractivity contribution in [3.05, 3.63) is 59.7 Å². The molecule has 7 nitrogen and oxygen atoms in total. The van der Waals surface area contributed by atoms with E-state index >= 15 is 0 Å². The quantitative estimate of drug-likeness (QED) is 0.726. The normalized spacial score (nSPS) is 23.4. The molecular formula is C26H28N2O5. The molecule has 0 spiro atoms. The first-order chi connectivity index (χ1) is 16.0. The third-order valence-electron chi connectivity index (χ3n) is 7.39. The van der Waals surface area contributed by atoms with Gasteiger partial charge in [-0.2, -0.15) is 0 Å². The summed E-state index contributed by atoms with van der Waals surface area (Å²) >= 11 is 0. The Morgan fingerprint density at radius 3 is 2.27 bits per heavy atom. The van der Waals surface area contributed by atoms with E-state index in [4.69, 9.17) is 4.74 Å². The molecule has 0 radical (unpaired) electrons. The Morgan fingerprint density at radius 1 is 0.970 bits per heavy atom. The van der Waals surface area contributed by atoms with Crippen LogP contribution in [0.1, 0.15) is 49.1 Å². The molecule has 0 bridgehead atoms. The highest BCUT2D eigenvalue weighted by Crippen LogP contribution is 2.44. The number of carbonyl (C=O) groups is 3. The Balaban J connectivity index is 1.20. The van der Waals surface area contributed by atoms with Crippen LogP contribution in [0.2, 0.25) is 0 Å². The van der Waals surface area contributed by atoms with Crippen LogP contribution in [0.25, 0.3) is 11.1 Å². The predicted molar refractivity (Wildman–Crippen MR) is 122 cm³/mol. The molecule has 2 aromatic carbocycles. The summed E-state index contributed by atoms with van der Waals surface area (Å²) in [6, 6.07) is 15.3. The maximum Gasteiger partial charge on any atom is 0.407 e. The molecule has 1 aliphatic heterocycles. The largest absolute Gasteiger partial charge is 0.480 e. The fraction of sp³-hybridized carbons (Fsp3) is 0.423. The monoisotopic (exact) mass is 448 g/mol. The van der Waals surface area contributed by atoms with Crippen LogP contribution in [0.4, 0.5) is 4.79 Å².